The second-order valence-corrected chi connectivity index (χ2v) is 8.64. The zero-order valence-corrected chi connectivity index (χ0v) is 24.3. The molecule has 36 heavy (non-hydrogen) atoms. The van der Waals surface area contributed by atoms with Gasteiger partial charge in [0.25, 0.3) is 9.05 Å². The van der Waals surface area contributed by atoms with Crippen molar-refractivity contribution in [2.45, 2.75) is 66.8 Å². The van der Waals surface area contributed by atoms with Crippen molar-refractivity contribution in [2.24, 2.45) is 5.73 Å². The van der Waals surface area contributed by atoms with Gasteiger partial charge < -0.3 is 5.73 Å². The van der Waals surface area contributed by atoms with Crippen LogP contribution in [0.15, 0.2) is 77.7 Å². The average molecular weight is 530 g/mol. The molecule has 0 aliphatic carbocycles. The van der Waals surface area contributed by atoms with Crippen LogP contribution in [0.3, 0.4) is 0 Å². The molecular formula is C29H40ClN3O2S. The molecule has 0 radical (unpaired) electrons. The summed E-state index contributed by atoms with van der Waals surface area (Å²) in [4.78, 5) is -0.144. The fourth-order valence-corrected chi connectivity index (χ4v) is 3.33. The van der Waals surface area contributed by atoms with Crippen molar-refractivity contribution in [3.05, 3.63) is 101 Å². The molecule has 3 aromatic carbocycles. The van der Waals surface area contributed by atoms with Crippen LogP contribution in [0.2, 0.25) is 0 Å². The summed E-state index contributed by atoms with van der Waals surface area (Å²) in [6.45, 7) is 16.6. The van der Waals surface area contributed by atoms with Crippen molar-refractivity contribution >= 4 is 19.7 Å². The summed E-state index contributed by atoms with van der Waals surface area (Å²) in [6, 6.07) is 25.3. The number of nitrogens with two attached hydrogens (primary N) is 1. The third-order valence-corrected chi connectivity index (χ3v) is 5.40. The molecule has 3 aromatic rings. The Labute approximate surface area is 223 Å². The molecule has 0 heterocycles. The summed E-state index contributed by atoms with van der Waals surface area (Å²) < 4.78 is 21.7. The van der Waals surface area contributed by atoms with Crippen molar-refractivity contribution in [3.8, 4) is 12.1 Å². The Bertz CT molecular complexity index is 1160. The lowest BCUT2D eigenvalue weighted by Crippen LogP contribution is -1.97. The Morgan fingerprint density at radius 2 is 1.08 bits per heavy atom. The first-order chi connectivity index (χ1) is 17.2. The first-order valence-electron chi connectivity index (χ1n) is 11.9. The van der Waals surface area contributed by atoms with Crippen molar-refractivity contribution in [3.63, 3.8) is 0 Å². The molecule has 0 aliphatic heterocycles. The molecule has 5 nitrogen and oxygen atoms in total. The Balaban J connectivity index is -0.000000414. The van der Waals surface area contributed by atoms with Gasteiger partial charge in [0.15, 0.2) is 0 Å². The van der Waals surface area contributed by atoms with Gasteiger partial charge in [0.1, 0.15) is 11.0 Å². The van der Waals surface area contributed by atoms with Crippen LogP contribution < -0.4 is 5.73 Å². The number of benzene rings is 3. The van der Waals surface area contributed by atoms with Crippen LogP contribution in [0.5, 0.6) is 0 Å². The summed E-state index contributed by atoms with van der Waals surface area (Å²) >= 11 is 0. The van der Waals surface area contributed by atoms with Gasteiger partial charge in [-0.05, 0) is 48.7 Å². The van der Waals surface area contributed by atoms with E-state index < -0.39 is 9.05 Å². The molecule has 0 aliphatic rings. The van der Waals surface area contributed by atoms with E-state index in [2.05, 4.69) is 25.1 Å². The van der Waals surface area contributed by atoms with E-state index in [-0.39, 0.29) is 10.5 Å². The van der Waals surface area contributed by atoms with E-state index in [4.69, 9.17) is 26.9 Å². The number of nitriles is 2. The molecule has 3 rings (SSSR count). The Morgan fingerprint density at radius 1 is 0.694 bits per heavy atom. The third-order valence-electron chi connectivity index (χ3n) is 4.02. The van der Waals surface area contributed by atoms with Crippen LogP contribution in [-0.4, -0.2) is 8.42 Å². The minimum atomic E-state index is -3.80. The highest BCUT2D eigenvalue weighted by Crippen LogP contribution is 2.18. The maximum Gasteiger partial charge on any atom is 0.262 e. The molecule has 0 spiro atoms. The van der Waals surface area contributed by atoms with Crippen LogP contribution in [-0.2, 0) is 15.6 Å². The van der Waals surface area contributed by atoms with Gasteiger partial charge in [0, 0.05) is 17.2 Å². The smallest absolute Gasteiger partial charge is 0.262 e. The zero-order valence-electron chi connectivity index (χ0n) is 22.7. The van der Waals surface area contributed by atoms with Gasteiger partial charge in [0.05, 0.1) is 17.2 Å². The van der Waals surface area contributed by atoms with Gasteiger partial charge in [-0.2, -0.15) is 10.5 Å². The van der Waals surface area contributed by atoms with Crippen molar-refractivity contribution in [1.29, 1.82) is 10.5 Å². The Hall–Kier alpha value is -3.16. The maximum atomic E-state index is 10.8. The first-order valence-corrected chi connectivity index (χ1v) is 14.2. The van der Waals surface area contributed by atoms with Crippen LogP contribution in [0, 0.1) is 36.5 Å². The van der Waals surface area contributed by atoms with E-state index >= 15 is 0 Å². The van der Waals surface area contributed by atoms with Gasteiger partial charge in [-0.15, -0.1) is 0 Å². The lowest BCUT2D eigenvalue weighted by atomic mass is 10.1. The molecule has 0 fully saturated rings. The summed E-state index contributed by atoms with van der Waals surface area (Å²) in [5, 5.41) is 17.0. The number of aryl methyl sites for hydroxylation is 2. The normalized spacial score (nSPS) is 8.56. The molecular weight excluding hydrogens is 490 g/mol. The van der Waals surface area contributed by atoms with Gasteiger partial charge in [0.2, 0.25) is 0 Å². The lowest BCUT2D eigenvalue weighted by molar-refractivity contribution is 0.609. The van der Waals surface area contributed by atoms with Gasteiger partial charge >= 0.3 is 0 Å². The van der Waals surface area contributed by atoms with E-state index in [1.807, 2.05) is 84.9 Å². The van der Waals surface area contributed by atoms with Crippen molar-refractivity contribution in [1.82, 2.24) is 0 Å². The summed E-state index contributed by atoms with van der Waals surface area (Å²) in [5.74, 6) is 0. The standard InChI is InChI=1S/C8H11N.C8H7N.C7H4ClNO2S.3C2H6/c2*1-7-4-2-3-5-8(7)6-9;8-12(10,11)7-4-2-1-3-6(7)5-9;3*1-2/h2-5H,6,9H2,1H3;2-5H,1H3;1-4H;3*1-2H3. The van der Waals surface area contributed by atoms with Crippen molar-refractivity contribution < 1.29 is 8.42 Å². The van der Waals surface area contributed by atoms with Gasteiger partial charge in [-0.3, -0.25) is 0 Å². The third kappa shape index (κ3) is 15.7. The molecule has 0 atom stereocenters. The molecule has 0 amide bonds. The monoisotopic (exact) mass is 529 g/mol. The van der Waals surface area contributed by atoms with E-state index in [9.17, 15) is 8.42 Å². The number of rotatable bonds is 2. The summed E-state index contributed by atoms with van der Waals surface area (Å²) in [5.41, 5.74) is 9.83. The van der Waals surface area contributed by atoms with Crippen LogP contribution in [0.1, 0.15) is 69.4 Å². The predicted octanol–water partition coefficient (Wildman–Crippen LogP) is 7.88. The molecule has 0 saturated carbocycles. The second-order valence-electron chi connectivity index (χ2n) is 6.10. The van der Waals surface area contributed by atoms with E-state index in [0.29, 0.717) is 6.54 Å². The van der Waals surface area contributed by atoms with E-state index in [0.717, 1.165) is 11.1 Å². The molecule has 0 bridgehead atoms. The molecule has 0 unspecified atom stereocenters. The fraction of sp³-hybridized carbons (Fsp3) is 0.310. The van der Waals surface area contributed by atoms with Crippen LogP contribution in [0.4, 0.5) is 0 Å². The summed E-state index contributed by atoms with van der Waals surface area (Å²) in [6.07, 6.45) is 0. The number of hydrogen-bond acceptors (Lipinski definition) is 5. The minimum absolute atomic E-state index is 0.0625. The highest BCUT2D eigenvalue weighted by Gasteiger charge is 2.13. The Kier molecular flexibility index (Phi) is 24.5. The largest absolute Gasteiger partial charge is 0.326 e. The SMILES string of the molecule is CC.CC.CC.Cc1ccccc1C#N.Cc1ccccc1CN.N#Cc1ccccc1S(=O)(=O)Cl. The number of halogens is 1. The van der Waals surface area contributed by atoms with E-state index in [1.165, 1.54) is 29.3 Å². The average Bonchev–Trinajstić information content (AvgIpc) is 2.93. The second kappa shape index (κ2) is 23.6. The van der Waals surface area contributed by atoms with Crippen LogP contribution >= 0.6 is 10.7 Å². The lowest BCUT2D eigenvalue weighted by Gasteiger charge is -1.98. The van der Waals surface area contributed by atoms with Gasteiger partial charge in [-0.25, -0.2) is 8.42 Å². The molecule has 0 saturated heterocycles. The van der Waals surface area contributed by atoms with E-state index in [1.54, 1.807) is 12.1 Å². The quantitative estimate of drug-likeness (QED) is 0.339. The molecule has 7 heteroatoms. The maximum absolute atomic E-state index is 10.8. The highest BCUT2D eigenvalue weighted by atomic mass is 35.7. The van der Waals surface area contributed by atoms with Crippen molar-refractivity contribution in [2.75, 3.05) is 0 Å². The predicted molar refractivity (Wildman–Crippen MR) is 153 cm³/mol. The first kappa shape index (κ1) is 37.4. The number of nitrogens with zero attached hydrogens (tertiary/aromatic N) is 2. The number of hydrogen-bond donors (Lipinski definition) is 1. The van der Waals surface area contributed by atoms with Gasteiger partial charge in [-0.1, -0.05) is 96.1 Å². The topological polar surface area (TPSA) is 108 Å². The molecule has 196 valence electrons. The van der Waals surface area contributed by atoms with Crippen LogP contribution in [0.25, 0.3) is 0 Å². The molecule has 2 N–H and O–H groups in total. The Morgan fingerprint density at radius 3 is 1.39 bits per heavy atom. The molecule has 0 aromatic heterocycles. The summed E-state index contributed by atoms with van der Waals surface area (Å²) in [7, 11) is 1.27. The zero-order chi connectivity index (χ0) is 28.6. The fourth-order valence-electron chi connectivity index (χ4n) is 2.31. The highest BCUT2D eigenvalue weighted by molar-refractivity contribution is 8.13. The minimum Gasteiger partial charge on any atom is -0.326 e.